The number of hydrogen-bond donors (Lipinski definition) is 0. The average Bonchev–Trinajstić information content (AvgIpc) is 2.30. The van der Waals surface area contributed by atoms with Gasteiger partial charge in [-0.2, -0.15) is 13.2 Å². The third kappa shape index (κ3) is 5.14. The number of aryl methyl sites for hydroxylation is 1. The number of esters is 1. The lowest BCUT2D eigenvalue weighted by Crippen LogP contribution is -2.29. The van der Waals surface area contributed by atoms with Crippen molar-refractivity contribution in [3.8, 4) is 0 Å². The molecular formula is C13H15F3O2S. The quantitative estimate of drug-likeness (QED) is 0.607. The maximum absolute atomic E-state index is 12.9. The van der Waals surface area contributed by atoms with Crippen molar-refractivity contribution < 1.29 is 22.7 Å². The van der Waals surface area contributed by atoms with Gasteiger partial charge in [0, 0.05) is 4.90 Å². The lowest BCUT2D eigenvalue weighted by Gasteiger charge is -2.19. The molecule has 1 atom stereocenters. The summed E-state index contributed by atoms with van der Waals surface area (Å²) in [6, 6.07) is 6.78. The van der Waals surface area contributed by atoms with Gasteiger partial charge in [0.05, 0.1) is 13.0 Å². The lowest BCUT2D eigenvalue weighted by atomic mass is 10.2. The van der Waals surface area contributed by atoms with Gasteiger partial charge in [-0.15, -0.1) is 11.8 Å². The fraction of sp³-hybridized carbons (Fsp3) is 0.462. The maximum Gasteiger partial charge on any atom is 0.401 e. The smallest absolute Gasteiger partial charge is 0.401 e. The van der Waals surface area contributed by atoms with E-state index >= 15 is 0 Å². The molecule has 1 aromatic carbocycles. The largest absolute Gasteiger partial charge is 0.466 e. The molecule has 1 rings (SSSR count). The molecule has 0 saturated carbocycles. The van der Waals surface area contributed by atoms with Crippen LogP contribution in [0.1, 0.15) is 18.9 Å². The number of alkyl halides is 3. The van der Waals surface area contributed by atoms with E-state index in [0.717, 1.165) is 5.56 Å². The number of halogens is 3. The van der Waals surface area contributed by atoms with Crippen LogP contribution < -0.4 is 0 Å². The molecule has 0 aromatic heterocycles. The Bertz CT molecular complexity index is 432. The summed E-state index contributed by atoms with van der Waals surface area (Å²) in [7, 11) is 0. The Morgan fingerprint density at radius 1 is 1.37 bits per heavy atom. The highest BCUT2D eigenvalue weighted by Crippen LogP contribution is 2.38. The Labute approximate surface area is 114 Å². The van der Waals surface area contributed by atoms with Crippen LogP contribution in [0.5, 0.6) is 0 Å². The van der Waals surface area contributed by atoms with Gasteiger partial charge in [-0.05, 0) is 25.5 Å². The van der Waals surface area contributed by atoms with E-state index in [1.807, 2.05) is 0 Å². The van der Waals surface area contributed by atoms with Gasteiger partial charge in [-0.1, -0.05) is 18.2 Å². The summed E-state index contributed by atoms with van der Waals surface area (Å²) in [4.78, 5) is 11.8. The van der Waals surface area contributed by atoms with Gasteiger partial charge in [0.2, 0.25) is 0 Å². The Kier molecular flexibility index (Phi) is 5.72. The molecule has 0 aliphatic rings. The van der Waals surface area contributed by atoms with Gasteiger partial charge in [0.15, 0.2) is 0 Å². The van der Waals surface area contributed by atoms with E-state index < -0.39 is 23.8 Å². The second-order valence-corrected chi connectivity index (χ2v) is 5.17. The number of benzene rings is 1. The average molecular weight is 292 g/mol. The van der Waals surface area contributed by atoms with Crippen molar-refractivity contribution >= 4 is 17.7 Å². The molecule has 0 amide bonds. The van der Waals surface area contributed by atoms with Crippen molar-refractivity contribution in [3.63, 3.8) is 0 Å². The van der Waals surface area contributed by atoms with Crippen molar-refractivity contribution in [1.29, 1.82) is 0 Å². The second kappa shape index (κ2) is 6.84. The van der Waals surface area contributed by atoms with E-state index in [0.29, 0.717) is 16.7 Å². The molecule has 1 aromatic rings. The van der Waals surface area contributed by atoms with Crippen molar-refractivity contribution in [2.24, 2.45) is 0 Å². The molecule has 19 heavy (non-hydrogen) atoms. The Hall–Kier alpha value is -1.17. The molecule has 0 saturated heterocycles. The predicted molar refractivity (Wildman–Crippen MR) is 68.1 cm³/mol. The van der Waals surface area contributed by atoms with E-state index in [2.05, 4.69) is 4.74 Å². The third-order valence-corrected chi connectivity index (χ3v) is 3.82. The Balaban J connectivity index is 2.82. The van der Waals surface area contributed by atoms with E-state index in [9.17, 15) is 18.0 Å². The highest BCUT2D eigenvalue weighted by atomic mass is 32.2. The maximum atomic E-state index is 12.9. The zero-order valence-corrected chi connectivity index (χ0v) is 11.5. The molecule has 0 aliphatic carbocycles. The number of hydrogen-bond acceptors (Lipinski definition) is 3. The normalized spacial score (nSPS) is 13.1. The summed E-state index contributed by atoms with van der Waals surface area (Å²) in [5, 5.41) is -1.78. The zero-order valence-electron chi connectivity index (χ0n) is 10.7. The zero-order chi connectivity index (χ0) is 14.5. The fourth-order valence-electron chi connectivity index (χ4n) is 1.44. The summed E-state index contributed by atoms with van der Waals surface area (Å²) in [6.07, 6.45) is -5.12. The highest BCUT2D eigenvalue weighted by molar-refractivity contribution is 8.00. The van der Waals surface area contributed by atoms with Gasteiger partial charge in [-0.3, -0.25) is 4.79 Å². The molecule has 0 aliphatic heterocycles. The number of rotatable bonds is 5. The number of carbonyl (C=O) groups excluding carboxylic acids is 1. The van der Waals surface area contributed by atoms with Gasteiger partial charge < -0.3 is 4.74 Å². The lowest BCUT2D eigenvalue weighted by molar-refractivity contribution is -0.154. The molecule has 0 N–H and O–H groups in total. The molecule has 0 fully saturated rings. The van der Waals surface area contributed by atoms with Gasteiger partial charge in [-0.25, -0.2) is 0 Å². The minimum Gasteiger partial charge on any atom is -0.466 e. The SMILES string of the molecule is CCOC(=O)C[C@@H](Sc1ccccc1C)C(F)(F)F. The van der Waals surface area contributed by atoms with Crippen LogP contribution in [0.3, 0.4) is 0 Å². The first-order valence-corrected chi connectivity index (χ1v) is 6.67. The summed E-state index contributed by atoms with van der Waals surface area (Å²) < 4.78 is 43.3. The first kappa shape index (κ1) is 15.9. The van der Waals surface area contributed by atoms with E-state index in [4.69, 9.17) is 0 Å². The van der Waals surface area contributed by atoms with Crippen molar-refractivity contribution in [2.75, 3.05) is 6.61 Å². The van der Waals surface area contributed by atoms with E-state index in [1.54, 1.807) is 38.1 Å². The topological polar surface area (TPSA) is 26.3 Å². The first-order valence-electron chi connectivity index (χ1n) is 5.79. The van der Waals surface area contributed by atoms with Gasteiger partial charge in [0.1, 0.15) is 5.25 Å². The second-order valence-electron chi connectivity index (χ2n) is 3.92. The van der Waals surface area contributed by atoms with Crippen LogP contribution in [0.15, 0.2) is 29.2 Å². The molecule has 0 spiro atoms. The molecule has 2 nitrogen and oxygen atoms in total. The van der Waals surface area contributed by atoms with Crippen LogP contribution in [0, 0.1) is 6.92 Å². The van der Waals surface area contributed by atoms with E-state index in [1.165, 1.54) is 0 Å². The molecule has 0 unspecified atom stereocenters. The van der Waals surface area contributed by atoms with Crippen LogP contribution in [-0.4, -0.2) is 24.0 Å². The van der Waals surface area contributed by atoms with Gasteiger partial charge in [0.25, 0.3) is 0 Å². The first-order chi connectivity index (χ1) is 8.84. The van der Waals surface area contributed by atoms with Crippen LogP contribution >= 0.6 is 11.8 Å². The minimum atomic E-state index is -4.44. The van der Waals surface area contributed by atoms with Crippen molar-refractivity contribution in [2.45, 2.75) is 36.6 Å². The molecular weight excluding hydrogens is 277 g/mol. The fourth-order valence-corrected chi connectivity index (χ4v) is 2.51. The van der Waals surface area contributed by atoms with Gasteiger partial charge >= 0.3 is 12.1 Å². The number of ether oxygens (including phenoxy) is 1. The standard InChI is InChI=1S/C13H15F3O2S/c1-3-18-12(17)8-11(13(14,15)16)19-10-7-5-4-6-9(10)2/h4-7,11H,3,8H2,1-2H3/t11-/m1/s1. The summed E-state index contributed by atoms with van der Waals surface area (Å²) in [6.45, 7) is 3.38. The van der Waals surface area contributed by atoms with Crippen LogP contribution in [0.25, 0.3) is 0 Å². The van der Waals surface area contributed by atoms with Crippen LogP contribution in [-0.2, 0) is 9.53 Å². The van der Waals surface area contributed by atoms with Crippen LogP contribution in [0.2, 0.25) is 0 Å². The van der Waals surface area contributed by atoms with Crippen molar-refractivity contribution in [1.82, 2.24) is 0 Å². The molecule has 0 heterocycles. The number of thioether (sulfide) groups is 1. The summed E-state index contributed by atoms with van der Waals surface area (Å²) in [5.74, 6) is -0.828. The van der Waals surface area contributed by atoms with Crippen LogP contribution in [0.4, 0.5) is 13.2 Å². The Morgan fingerprint density at radius 3 is 2.53 bits per heavy atom. The molecule has 106 valence electrons. The van der Waals surface area contributed by atoms with E-state index in [-0.39, 0.29) is 6.61 Å². The Morgan fingerprint density at radius 2 is 2.00 bits per heavy atom. The molecule has 0 bridgehead atoms. The molecule has 0 radical (unpaired) electrons. The predicted octanol–water partition coefficient (Wildman–Crippen LogP) is 3.97. The monoisotopic (exact) mass is 292 g/mol. The minimum absolute atomic E-state index is 0.0818. The van der Waals surface area contributed by atoms with Crippen molar-refractivity contribution in [3.05, 3.63) is 29.8 Å². The summed E-state index contributed by atoms with van der Waals surface area (Å²) >= 11 is 0.651. The molecule has 6 heteroatoms. The number of carbonyl (C=O) groups is 1. The summed E-state index contributed by atoms with van der Waals surface area (Å²) in [5.41, 5.74) is 0.755. The third-order valence-electron chi connectivity index (χ3n) is 2.39. The highest BCUT2D eigenvalue weighted by Gasteiger charge is 2.42.